The number of aromatic amines is 1. The fourth-order valence-corrected chi connectivity index (χ4v) is 2.99. The van der Waals surface area contributed by atoms with Crippen LogP contribution in [-0.4, -0.2) is 10.1 Å². The highest BCUT2D eigenvalue weighted by Gasteiger charge is 2.07. The molecule has 6 heteroatoms. The number of thiazole rings is 1. The molecule has 0 atom stereocenters. The minimum absolute atomic E-state index is 0.0527. The van der Waals surface area contributed by atoms with Crippen LogP contribution in [0.25, 0.3) is 0 Å². The van der Waals surface area contributed by atoms with Crippen LogP contribution in [-0.2, 0) is 13.0 Å². The Morgan fingerprint density at radius 3 is 2.30 bits per heavy atom. The van der Waals surface area contributed by atoms with Crippen LogP contribution in [0, 0.1) is 0 Å². The van der Waals surface area contributed by atoms with Crippen molar-refractivity contribution < 1.29 is 9.84 Å². The van der Waals surface area contributed by atoms with Crippen molar-refractivity contribution in [2.24, 2.45) is 0 Å². The summed E-state index contributed by atoms with van der Waals surface area (Å²) in [7, 11) is 0. The number of nitrogens with one attached hydrogen (secondary N) is 1. The third-order valence-electron chi connectivity index (χ3n) is 3.31. The zero-order chi connectivity index (χ0) is 16.2. The fraction of sp³-hybridized carbons (Fsp3) is 0.118. The van der Waals surface area contributed by atoms with Gasteiger partial charge in [0.05, 0.1) is 4.88 Å². The summed E-state index contributed by atoms with van der Waals surface area (Å²) < 4.78 is 5.72. The highest BCUT2D eigenvalue weighted by Crippen LogP contribution is 2.22. The summed E-state index contributed by atoms with van der Waals surface area (Å²) in [6, 6.07) is 15.1. The molecule has 0 aliphatic carbocycles. The van der Waals surface area contributed by atoms with Crippen LogP contribution in [0.3, 0.4) is 0 Å². The summed E-state index contributed by atoms with van der Waals surface area (Å²) in [6.45, 7) is 0.469. The van der Waals surface area contributed by atoms with Crippen molar-refractivity contribution in [3.8, 4) is 11.6 Å². The summed E-state index contributed by atoms with van der Waals surface area (Å²) in [5.74, 6) is 0.707. The number of aromatic nitrogens is 1. The number of ether oxygens (including phenoxy) is 1. The van der Waals surface area contributed by atoms with E-state index in [1.54, 1.807) is 0 Å². The van der Waals surface area contributed by atoms with Crippen molar-refractivity contribution in [2.75, 3.05) is 0 Å². The molecule has 2 N–H and O–H groups in total. The zero-order valence-corrected chi connectivity index (χ0v) is 13.7. The van der Waals surface area contributed by atoms with Gasteiger partial charge in [-0.25, -0.2) is 0 Å². The molecule has 1 heterocycles. The first-order valence-corrected chi connectivity index (χ1v) is 8.17. The Morgan fingerprint density at radius 2 is 1.70 bits per heavy atom. The molecule has 0 saturated heterocycles. The normalized spacial score (nSPS) is 10.7. The minimum Gasteiger partial charge on any atom is -0.494 e. The second-order valence-corrected chi connectivity index (χ2v) is 6.53. The van der Waals surface area contributed by atoms with Gasteiger partial charge >= 0.3 is 4.87 Å². The minimum atomic E-state index is -0.250. The highest BCUT2D eigenvalue weighted by molar-refractivity contribution is 7.09. The summed E-state index contributed by atoms with van der Waals surface area (Å²) in [6.07, 6.45) is 0.507. The van der Waals surface area contributed by atoms with E-state index in [2.05, 4.69) is 4.98 Å². The molecule has 118 valence electrons. The lowest BCUT2D eigenvalue weighted by Gasteiger charge is -2.07. The lowest BCUT2D eigenvalue weighted by atomic mass is 10.1. The lowest BCUT2D eigenvalue weighted by Crippen LogP contribution is -1.95. The number of hydrogen-bond acceptors (Lipinski definition) is 4. The quantitative estimate of drug-likeness (QED) is 0.734. The Labute approximate surface area is 142 Å². The maximum Gasteiger partial charge on any atom is 0.307 e. The highest BCUT2D eigenvalue weighted by atomic mass is 35.5. The molecule has 0 unspecified atom stereocenters. The number of hydrogen-bond donors (Lipinski definition) is 2. The Balaban J connectivity index is 1.61. The van der Waals surface area contributed by atoms with E-state index in [4.69, 9.17) is 16.3 Å². The summed E-state index contributed by atoms with van der Waals surface area (Å²) in [5.41, 5.74) is 2.04. The van der Waals surface area contributed by atoms with Gasteiger partial charge in [0.2, 0.25) is 5.88 Å². The van der Waals surface area contributed by atoms with Gasteiger partial charge in [0, 0.05) is 11.4 Å². The van der Waals surface area contributed by atoms with Crippen LogP contribution in [0.4, 0.5) is 0 Å². The van der Waals surface area contributed by atoms with Gasteiger partial charge in [-0.1, -0.05) is 47.2 Å². The van der Waals surface area contributed by atoms with E-state index in [1.807, 2.05) is 48.5 Å². The number of rotatable bonds is 5. The molecule has 0 radical (unpaired) electrons. The largest absolute Gasteiger partial charge is 0.494 e. The Bertz CT molecular complexity index is 838. The van der Waals surface area contributed by atoms with E-state index in [0.717, 1.165) is 28.2 Å². The van der Waals surface area contributed by atoms with Crippen molar-refractivity contribution in [1.82, 2.24) is 4.98 Å². The number of aromatic hydroxyl groups is 1. The third kappa shape index (κ3) is 4.15. The van der Waals surface area contributed by atoms with Gasteiger partial charge in [-0.2, -0.15) is 0 Å². The molecule has 3 rings (SSSR count). The van der Waals surface area contributed by atoms with Crippen molar-refractivity contribution >= 4 is 22.9 Å². The Morgan fingerprint density at radius 1 is 1.04 bits per heavy atom. The van der Waals surface area contributed by atoms with Gasteiger partial charge in [-0.15, -0.1) is 0 Å². The van der Waals surface area contributed by atoms with E-state index < -0.39 is 0 Å². The van der Waals surface area contributed by atoms with Gasteiger partial charge in [0.15, 0.2) is 0 Å². The SMILES string of the molecule is O=c1[nH]c(O)c(Cc2ccc(OCc3ccc(Cl)cc3)cc2)s1. The second kappa shape index (κ2) is 6.89. The average molecular weight is 348 g/mol. The monoisotopic (exact) mass is 347 g/mol. The molecule has 0 saturated carbocycles. The second-order valence-electron chi connectivity index (χ2n) is 5.02. The van der Waals surface area contributed by atoms with E-state index in [-0.39, 0.29) is 10.8 Å². The van der Waals surface area contributed by atoms with Crippen molar-refractivity contribution in [3.63, 3.8) is 0 Å². The van der Waals surface area contributed by atoms with E-state index in [9.17, 15) is 9.90 Å². The number of H-pyrrole nitrogens is 1. The average Bonchev–Trinajstić information content (AvgIpc) is 2.86. The van der Waals surface area contributed by atoms with Gasteiger partial charge in [-0.05, 0) is 35.4 Å². The molecular weight excluding hydrogens is 334 g/mol. The first-order valence-electron chi connectivity index (χ1n) is 6.97. The summed E-state index contributed by atoms with van der Waals surface area (Å²) in [5, 5.41) is 10.3. The molecular formula is C17H14ClNO3S. The van der Waals surface area contributed by atoms with Crippen molar-refractivity contribution in [3.05, 3.63) is 79.2 Å². The van der Waals surface area contributed by atoms with Crippen LogP contribution in [0.15, 0.2) is 53.3 Å². The molecule has 0 aliphatic rings. The van der Waals surface area contributed by atoms with Crippen LogP contribution in [0.5, 0.6) is 11.6 Å². The van der Waals surface area contributed by atoms with Crippen molar-refractivity contribution in [2.45, 2.75) is 13.0 Å². The van der Waals surface area contributed by atoms with Crippen molar-refractivity contribution in [1.29, 1.82) is 0 Å². The van der Waals surface area contributed by atoms with Gasteiger partial charge in [-0.3, -0.25) is 9.78 Å². The predicted octanol–water partition coefficient (Wildman–Crippen LogP) is 3.97. The topological polar surface area (TPSA) is 62.3 Å². The van der Waals surface area contributed by atoms with Crippen LogP contribution in [0.1, 0.15) is 16.0 Å². The molecule has 1 aromatic heterocycles. The molecule has 0 bridgehead atoms. The van der Waals surface area contributed by atoms with Crippen LogP contribution < -0.4 is 9.61 Å². The molecule has 0 aliphatic heterocycles. The lowest BCUT2D eigenvalue weighted by molar-refractivity contribution is 0.306. The Hall–Kier alpha value is -2.24. The van der Waals surface area contributed by atoms with Gasteiger partial charge in [0.1, 0.15) is 12.4 Å². The summed E-state index contributed by atoms with van der Waals surface area (Å²) >= 11 is 6.86. The van der Waals surface area contributed by atoms with E-state index in [1.165, 1.54) is 0 Å². The third-order valence-corrected chi connectivity index (χ3v) is 4.43. The van der Waals surface area contributed by atoms with Gasteiger partial charge in [0.25, 0.3) is 0 Å². The molecule has 23 heavy (non-hydrogen) atoms. The molecule has 0 fully saturated rings. The first-order chi connectivity index (χ1) is 11.1. The molecule has 0 amide bonds. The smallest absolute Gasteiger partial charge is 0.307 e. The zero-order valence-electron chi connectivity index (χ0n) is 12.1. The summed E-state index contributed by atoms with van der Waals surface area (Å²) in [4.78, 5) is 13.9. The van der Waals surface area contributed by atoms with Crippen LogP contribution >= 0.6 is 22.9 Å². The van der Waals surface area contributed by atoms with Gasteiger partial charge < -0.3 is 9.84 Å². The van der Waals surface area contributed by atoms with E-state index >= 15 is 0 Å². The predicted molar refractivity (Wildman–Crippen MR) is 91.6 cm³/mol. The van der Waals surface area contributed by atoms with Crippen LogP contribution in [0.2, 0.25) is 5.02 Å². The molecule has 3 aromatic rings. The Kier molecular flexibility index (Phi) is 4.69. The maximum atomic E-state index is 11.2. The number of halogens is 1. The maximum absolute atomic E-state index is 11.2. The van der Waals surface area contributed by atoms with E-state index in [0.29, 0.717) is 22.9 Å². The molecule has 4 nitrogen and oxygen atoms in total. The fourth-order valence-electron chi connectivity index (χ4n) is 2.11. The molecule has 0 spiro atoms. The first kappa shape index (κ1) is 15.6. The molecule has 2 aromatic carbocycles. The number of benzene rings is 2. The standard InChI is InChI=1S/C17H14ClNO3S/c18-13-5-1-12(2-6-13)10-22-14-7-3-11(4-8-14)9-15-16(20)19-17(21)23-15/h1-8,20H,9-10H2,(H,19,21).